The van der Waals surface area contributed by atoms with E-state index >= 15 is 0 Å². The predicted molar refractivity (Wildman–Crippen MR) is 105 cm³/mol. The lowest BCUT2D eigenvalue weighted by atomic mass is 9.86. The summed E-state index contributed by atoms with van der Waals surface area (Å²) in [5, 5.41) is 12.7. The molecule has 0 heterocycles. The number of carbonyl (C=O) groups excluding carboxylic acids is 1. The van der Waals surface area contributed by atoms with Gasteiger partial charge in [-0.2, -0.15) is 5.26 Å². The van der Waals surface area contributed by atoms with Gasteiger partial charge in [-0.1, -0.05) is 73.1 Å². The molecule has 0 atom stereocenters. The van der Waals surface area contributed by atoms with E-state index in [1.54, 1.807) is 6.07 Å². The Kier molecular flexibility index (Phi) is 5.81. The maximum Gasteiger partial charge on any atom is 0.255 e. The highest BCUT2D eigenvalue weighted by Gasteiger charge is 2.25. The topological polar surface area (TPSA) is 52.9 Å². The minimum absolute atomic E-state index is 0.215. The Labute approximate surface area is 157 Å². The molecule has 0 aliphatic rings. The molecule has 3 nitrogen and oxygen atoms in total. The van der Waals surface area contributed by atoms with Crippen LogP contribution in [0, 0.1) is 23.7 Å². The highest BCUT2D eigenvalue weighted by molar-refractivity contribution is 9.10. The van der Waals surface area contributed by atoms with Crippen molar-refractivity contribution >= 4 is 27.4 Å². The van der Waals surface area contributed by atoms with Crippen LogP contribution >= 0.6 is 15.9 Å². The highest BCUT2D eigenvalue weighted by atomic mass is 79.9. The second kappa shape index (κ2) is 7.67. The van der Waals surface area contributed by atoms with Crippen LogP contribution in [0.15, 0.2) is 58.7 Å². The van der Waals surface area contributed by atoms with Gasteiger partial charge in [0.2, 0.25) is 0 Å². The Balaban J connectivity index is 2.53. The third kappa shape index (κ3) is 4.37. The standard InChI is InChI=1S/C21H21BrN2O/c1-14-16(11-8-12-18(14)22)20(25)24-19(21(2,3)4)17(13-23)15-9-6-5-7-10-15/h5-12H,1-4H3,(H,24,25)/b19-17-. The molecule has 2 aromatic carbocycles. The summed E-state index contributed by atoms with van der Waals surface area (Å²) >= 11 is 3.46. The van der Waals surface area contributed by atoms with Crippen molar-refractivity contribution in [2.75, 3.05) is 0 Å². The molecule has 0 saturated carbocycles. The Bertz CT molecular complexity index is 856. The van der Waals surface area contributed by atoms with Gasteiger partial charge in [-0.3, -0.25) is 4.79 Å². The molecule has 0 fully saturated rings. The lowest BCUT2D eigenvalue weighted by Gasteiger charge is -2.26. The number of benzene rings is 2. The average Bonchev–Trinajstić information content (AvgIpc) is 2.57. The van der Waals surface area contributed by atoms with E-state index in [1.807, 2.05) is 70.2 Å². The van der Waals surface area contributed by atoms with Gasteiger partial charge in [0.1, 0.15) is 6.07 Å². The number of carbonyl (C=O) groups is 1. The minimum atomic E-state index is -0.392. The molecule has 0 unspecified atom stereocenters. The molecule has 0 aromatic heterocycles. The number of hydrogen-bond acceptors (Lipinski definition) is 2. The second-order valence-corrected chi connectivity index (χ2v) is 7.70. The molecule has 25 heavy (non-hydrogen) atoms. The summed E-state index contributed by atoms with van der Waals surface area (Å²) in [6, 6.07) is 17.2. The molecule has 0 spiro atoms. The number of amides is 1. The van der Waals surface area contributed by atoms with Crippen molar-refractivity contribution in [2.45, 2.75) is 27.7 Å². The van der Waals surface area contributed by atoms with Crippen LogP contribution in [0.2, 0.25) is 0 Å². The number of nitriles is 1. The third-order valence-electron chi connectivity index (χ3n) is 3.93. The maximum atomic E-state index is 12.9. The fourth-order valence-electron chi connectivity index (χ4n) is 2.53. The molecule has 2 rings (SSSR count). The van der Waals surface area contributed by atoms with Crippen LogP contribution in [0.4, 0.5) is 0 Å². The first-order chi connectivity index (χ1) is 11.8. The van der Waals surface area contributed by atoms with E-state index in [9.17, 15) is 10.1 Å². The first-order valence-corrected chi connectivity index (χ1v) is 8.81. The number of rotatable bonds is 3. The van der Waals surface area contributed by atoms with Crippen molar-refractivity contribution in [3.63, 3.8) is 0 Å². The molecule has 128 valence electrons. The lowest BCUT2D eigenvalue weighted by Crippen LogP contribution is -2.31. The van der Waals surface area contributed by atoms with Crippen LogP contribution < -0.4 is 5.32 Å². The van der Waals surface area contributed by atoms with Gasteiger partial charge < -0.3 is 5.32 Å². The molecule has 0 saturated heterocycles. The Hall–Kier alpha value is -2.38. The van der Waals surface area contributed by atoms with Crippen LogP contribution in [0.3, 0.4) is 0 Å². The molecule has 0 aliphatic carbocycles. The summed E-state index contributed by atoms with van der Waals surface area (Å²) in [6.07, 6.45) is 0. The molecular formula is C21H21BrN2O. The molecule has 1 N–H and O–H groups in total. The smallest absolute Gasteiger partial charge is 0.255 e. The normalized spacial score (nSPS) is 12.2. The quantitative estimate of drug-likeness (QED) is 0.699. The zero-order valence-corrected chi connectivity index (χ0v) is 16.4. The molecule has 4 heteroatoms. The van der Waals surface area contributed by atoms with Gasteiger partial charge in [-0.15, -0.1) is 0 Å². The van der Waals surface area contributed by atoms with Crippen molar-refractivity contribution in [3.8, 4) is 6.07 Å². The van der Waals surface area contributed by atoms with Gasteiger partial charge in [-0.05, 0) is 30.2 Å². The number of nitrogens with one attached hydrogen (secondary N) is 1. The van der Waals surface area contributed by atoms with Crippen molar-refractivity contribution in [3.05, 3.63) is 75.4 Å². The van der Waals surface area contributed by atoms with Crippen LogP contribution in [0.25, 0.3) is 5.57 Å². The van der Waals surface area contributed by atoms with Gasteiger partial charge in [0.05, 0.1) is 5.57 Å². The van der Waals surface area contributed by atoms with E-state index in [4.69, 9.17) is 0 Å². The van der Waals surface area contributed by atoms with Gasteiger partial charge in [-0.25, -0.2) is 0 Å². The fourth-order valence-corrected chi connectivity index (χ4v) is 2.90. The van der Waals surface area contributed by atoms with E-state index < -0.39 is 5.41 Å². The molecule has 0 bridgehead atoms. The van der Waals surface area contributed by atoms with Crippen LogP contribution in [-0.4, -0.2) is 5.91 Å². The monoisotopic (exact) mass is 396 g/mol. The number of halogens is 1. The SMILES string of the molecule is Cc1c(Br)cccc1C(=O)N/C(=C(/C#N)c1ccccc1)C(C)(C)C. The fraction of sp³-hybridized carbons (Fsp3) is 0.238. The number of hydrogen-bond donors (Lipinski definition) is 1. The molecule has 2 aromatic rings. The second-order valence-electron chi connectivity index (χ2n) is 6.84. The van der Waals surface area contributed by atoms with Crippen molar-refractivity contribution in [2.24, 2.45) is 5.41 Å². The Morgan fingerprint density at radius 2 is 1.72 bits per heavy atom. The van der Waals surface area contributed by atoms with Crippen LogP contribution in [0.1, 0.15) is 42.3 Å². The number of nitrogens with zero attached hydrogens (tertiary/aromatic N) is 1. The summed E-state index contributed by atoms with van der Waals surface area (Å²) < 4.78 is 0.880. The van der Waals surface area contributed by atoms with Crippen molar-refractivity contribution < 1.29 is 4.79 Å². The molecular weight excluding hydrogens is 376 g/mol. The molecule has 0 radical (unpaired) electrons. The summed E-state index contributed by atoms with van der Waals surface area (Å²) in [4.78, 5) is 12.9. The van der Waals surface area contributed by atoms with E-state index in [0.29, 0.717) is 16.8 Å². The first kappa shape index (κ1) is 19.0. The van der Waals surface area contributed by atoms with Gasteiger partial charge in [0.25, 0.3) is 5.91 Å². The third-order valence-corrected chi connectivity index (χ3v) is 4.78. The van der Waals surface area contributed by atoms with E-state index in [0.717, 1.165) is 15.6 Å². The summed E-state index contributed by atoms with van der Waals surface area (Å²) in [6.45, 7) is 7.84. The average molecular weight is 397 g/mol. The zero-order valence-electron chi connectivity index (χ0n) is 14.9. The van der Waals surface area contributed by atoms with Crippen LogP contribution in [-0.2, 0) is 0 Å². The van der Waals surface area contributed by atoms with Gasteiger partial charge in [0.15, 0.2) is 0 Å². The van der Waals surface area contributed by atoms with Gasteiger partial charge in [0, 0.05) is 21.1 Å². The zero-order chi connectivity index (χ0) is 18.6. The van der Waals surface area contributed by atoms with E-state index in [-0.39, 0.29) is 5.91 Å². The summed E-state index contributed by atoms with van der Waals surface area (Å²) in [5.74, 6) is -0.215. The molecule has 1 amide bonds. The lowest BCUT2D eigenvalue weighted by molar-refractivity contribution is 0.0957. The maximum absolute atomic E-state index is 12.9. The van der Waals surface area contributed by atoms with E-state index in [2.05, 4.69) is 27.3 Å². The number of allylic oxidation sites excluding steroid dienone is 2. The summed E-state index contributed by atoms with van der Waals surface area (Å²) in [5.41, 5.74) is 2.95. The summed E-state index contributed by atoms with van der Waals surface area (Å²) in [7, 11) is 0. The van der Waals surface area contributed by atoms with Crippen molar-refractivity contribution in [1.29, 1.82) is 5.26 Å². The minimum Gasteiger partial charge on any atom is -0.324 e. The predicted octanol–water partition coefficient (Wildman–Crippen LogP) is 5.47. The Morgan fingerprint density at radius 1 is 1.08 bits per heavy atom. The largest absolute Gasteiger partial charge is 0.324 e. The van der Waals surface area contributed by atoms with Crippen molar-refractivity contribution in [1.82, 2.24) is 5.32 Å². The van der Waals surface area contributed by atoms with Gasteiger partial charge >= 0.3 is 0 Å². The first-order valence-electron chi connectivity index (χ1n) is 8.02. The highest BCUT2D eigenvalue weighted by Crippen LogP contribution is 2.31. The van der Waals surface area contributed by atoms with E-state index in [1.165, 1.54) is 0 Å². The van der Waals surface area contributed by atoms with Crippen LogP contribution in [0.5, 0.6) is 0 Å². The Morgan fingerprint density at radius 3 is 2.28 bits per heavy atom. The molecule has 0 aliphatic heterocycles.